The second-order valence-corrected chi connectivity index (χ2v) is 11.8. The van der Waals surface area contributed by atoms with Gasteiger partial charge in [-0.05, 0) is 58.4 Å². The van der Waals surface area contributed by atoms with Crippen molar-refractivity contribution in [1.29, 1.82) is 0 Å². The minimum absolute atomic E-state index is 0.630. The normalized spacial score (nSPS) is 11.5. The number of thioether (sulfide) groups is 3. The lowest BCUT2D eigenvalue weighted by molar-refractivity contribution is 0.865. The van der Waals surface area contributed by atoms with E-state index < -0.39 is 0 Å². The largest absolute Gasteiger partial charge is 0.161 e. The molecule has 0 aliphatic carbocycles. The lowest BCUT2D eigenvalue weighted by atomic mass is 10.0. The van der Waals surface area contributed by atoms with E-state index >= 15 is 0 Å². The van der Waals surface area contributed by atoms with Crippen molar-refractivity contribution >= 4 is 35.3 Å². The van der Waals surface area contributed by atoms with E-state index in [4.69, 9.17) is 0 Å². The van der Waals surface area contributed by atoms with Crippen molar-refractivity contribution in [3.63, 3.8) is 0 Å². The number of hydrogen-bond donors (Lipinski definition) is 0. The van der Waals surface area contributed by atoms with Gasteiger partial charge in [-0.2, -0.15) is 35.3 Å². The van der Waals surface area contributed by atoms with Gasteiger partial charge in [-0.15, -0.1) is 0 Å². The van der Waals surface area contributed by atoms with Crippen LogP contribution in [0.3, 0.4) is 0 Å². The first-order chi connectivity index (χ1) is 14.1. The third-order valence-corrected chi connectivity index (χ3v) is 8.58. The molecule has 0 bridgehead atoms. The van der Waals surface area contributed by atoms with Gasteiger partial charge in [0, 0.05) is 23.0 Å². The van der Waals surface area contributed by atoms with E-state index in [2.05, 4.69) is 112 Å². The van der Waals surface area contributed by atoms with Crippen LogP contribution in [0.25, 0.3) is 0 Å². The molecule has 0 fully saturated rings. The zero-order chi connectivity index (χ0) is 20.9. The Morgan fingerprint density at radius 1 is 0.483 bits per heavy atom. The van der Waals surface area contributed by atoms with Crippen LogP contribution in [0.5, 0.6) is 0 Å². The van der Waals surface area contributed by atoms with Crippen LogP contribution in [0.2, 0.25) is 0 Å². The molecule has 0 N–H and O–H groups in total. The van der Waals surface area contributed by atoms with Crippen molar-refractivity contribution in [3.05, 3.63) is 70.8 Å². The van der Waals surface area contributed by atoms with Crippen molar-refractivity contribution < 1.29 is 0 Å². The van der Waals surface area contributed by atoms with Crippen LogP contribution in [-0.4, -0.2) is 34.5 Å². The fraction of sp³-hybridized carbons (Fsp3) is 0.538. The Labute approximate surface area is 192 Å². The molecule has 0 spiro atoms. The Kier molecular flexibility index (Phi) is 12.4. The zero-order valence-corrected chi connectivity index (χ0v) is 21.1. The molecule has 29 heavy (non-hydrogen) atoms. The van der Waals surface area contributed by atoms with Crippen LogP contribution in [-0.2, 0) is 12.8 Å². The Bertz CT molecular complexity index is 600. The van der Waals surface area contributed by atoms with Crippen LogP contribution in [0, 0.1) is 0 Å². The summed E-state index contributed by atoms with van der Waals surface area (Å²) in [7, 11) is 0. The highest BCUT2D eigenvalue weighted by molar-refractivity contribution is 8.04. The van der Waals surface area contributed by atoms with Crippen LogP contribution in [0.4, 0.5) is 0 Å². The fourth-order valence-corrected chi connectivity index (χ4v) is 6.32. The Hall–Kier alpha value is -0.510. The summed E-state index contributed by atoms with van der Waals surface area (Å²) in [4.78, 5) is 0. The van der Waals surface area contributed by atoms with Crippen molar-refractivity contribution in [2.45, 2.75) is 52.4 Å². The summed E-state index contributed by atoms with van der Waals surface area (Å²) in [6.07, 6.45) is 2.39. The molecule has 0 atom stereocenters. The molecule has 0 saturated heterocycles. The number of benzene rings is 2. The molecule has 0 aromatic heterocycles. The third kappa shape index (κ3) is 10.4. The summed E-state index contributed by atoms with van der Waals surface area (Å²) in [5.74, 6) is 8.87. The predicted molar refractivity (Wildman–Crippen MR) is 140 cm³/mol. The van der Waals surface area contributed by atoms with Crippen LogP contribution < -0.4 is 0 Å². The van der Waals surface area contributed by atoms with E-state index in [9.17, 15) is 0 Å². The fourth-order valence-electron chi connectivity index (χ4n) is 3.06. The van der Waals surface area contributed by atoms with Gasteiger partial charge >= 0.3 is 0 Å². The zero-order valence-electron chi connectivity index (χ0n) is 18.7. The van der Waals surface area contributed by atoms with Gasteiger partial charge in [0.25, 0.3) is 0 Å². The van der Waals surface area contributed by atoms with E-state index in [0.29, 0.717) is 11.8 Å². The molecule has 2 aromatic rings. The molecule has 0 aliphatic heterocycles. The molecule has 0 saturated carbocycles. The van der Waals surface area contributed by atoms with Gasteiger partial charge in [0.1, 0.15) is 0 Å². The van der Waals surface area contributed by atoms with Gasteiger partial charge in [0.05, 0.1) is 0 Å². The molecule has 2 rings (SSSR count). The highest BCUT2D eigenvalue weighted by atomic mass is 32.2. The maximum atomic E-state index is 2.31. The smallest absolute Gasteiger partial charge is 0.00238 e. The van der Waals surface area contributed by atoms with E-state index in [1.807, 2.05) is 0 Å². The molecule has 0 heterocycles. The molecule has 0 amide bonds. The summed E-state index contributed by atoms with van der Waals surface area (Å²) in [5.41, 5.74) is 5.84. The second kappa shape index (κ2) is 14.5. The first kappa shape index (κ1) is 24.8. The predicted octanol–water partition coefficient (Wildman–Crippen LogP) is 7.92. The van der Waals surface area contributed by atoms with Gasteiger partial charge in [0.15, 0.2) is 0 Å². The van der Waals surface area contributed by atoms with Crippen LogP contribution >= 0.6 is 35.3 Å². The van der Waals surface area contributed by atoms with E-state index in [-0.39, 0.29) is 0 Å². The van der Waals surface area contributed by atoms with Gasteiger partial charge in [-0.25, -0.2) is 0 Å². The minimum atomic E-state index is 0.630. The average molecular weight is 447 g/mol. The van der Waals surface area contributed by atoms with Crippen molar-refractivity contribution in [2.24, 2.45) is 0 Å². The summed E-state index contributed by atoms with van der Waals surface area (Å²) in [5, 5.41) is 0. The SMILES string of the molecule is CC(C)c1ccc(CCSCCSCCSCCc2ccc(C(C)C)cc2)cc1. The van der Waals surface area contributed by atoms with Gasteiger partial charge in [-0.3, -0.25) is 0 Å². The molecule has 0 unspecified atom stereocenters. The lowest BCUT2D eigenvalue weighted by Gasteiger charge is -2.07. The van der Waals surface area contributed by atoms with E-state index in [1.54, 1.807) is 0 Å². The van der Waals surface area contributed by atoms with Gasteiger partial charge < -0.3 is 0 Å². The molecule has 2 aromatic carbocycles. The number of rotatable bonds is 14. The first-order valence-corrected chi connectivity index (χ1v) is 14.4. The summed E-state index contributed by atoms with van der Waals surface area (Å²) >= 11 is 6.31. The van der Waals surface area contributed by atoms with Crippen LogP contribution in [0.1, 0.15) is 61.8 Å². The summed E-state index contributed by atoms with van der Waals surface area (Å²) in [6.45, 7) is 9.03. The van der Waals surface area contributed by atoms with Crippen LogP contribution in [0.15, 0.2) is 48.5 Å². The average Bonchev–Trinajstić information content (AvgIpc) is 2.72. The Morgan fingerprint density at radius 2 is 0.793 bits per heavy atom. The molecule has 0 aliphatic rings. The second-order valence-electron chi connectivity index (χ2n) is 8.13. The Morgan fingerprint density at radius 3 is 1.10 bits per heavy atom. The van der Waals surface area contributed by atoms with Crippen molar-refractivity contribution in [3.8, 4) is 0 Å². The molecule has 0 nitrogen and oxygen atoms in total. The highest BCUT2D eigenvalue weighted by Crippen LogP contribution is 2.18. The van der Waals surface area contributed by atoms with Gasteiger partial charge in [0.2, 0.25) is 0 Å². The summed E-state index contributed by atoms with van der Waals surface area (Å²) in [6, 6.07) is 18.4. The highest BCUT2D eigenvalue weighted by Gasteiger charge is 2.01. The van der Waals surface area contributed by atoms with E-state index in [1.165, 1.54) is 69.6 Å². The summed E-state index contributed by atoms with van der Waals surface area (Å²) < 4.78 is 0. The lowest BCUT2D eigenvalue weighted by Crippen LogP contribution is -1.95. The van der Waals surface area contributed by atoms with E-state index in [0.717, 1.165) is 0 Å². The molecule has 0 radical (unpaired) electrons. The third-order valence-electron chi connectivity index (χ3n) is 5.11. The maximum Gasteiger partial charge on any atom is 0.00238 e. The maximum absolute atomic E-state index is 2.31. The molecular formula is C26H38S3. The van der Waals surface area contributed by atoms with Crippen molar-refractivity contribution in [2.75, 3.05) is 34.5 Å². The molecule has 160 valence electrons. The topological polar surface area (TPSA) is 0 Å². The van der Waals surface area contributed by atoms with Crippen molar-refractivity contribution in [1.82, 2.24) is 0 Å². The minimum Gasteiger partial charge on any atom is -0.161 e. The monoisotopic (exact) mass is 446 g/mol. The standard InChI is InChI=1S/C26H38S3/c1-21(2)25-9-5-23(6-10-25)13-15-27-17-19-29-20-18-28-16-14-24-7-11-26(12-8-24)22(3)4/h5-12,21-22H,13-20H2,1-4H3. The number of aryl methyl sites for hydroxylation is 2. The number of hydrogen-bond acceptors (Lipinski definition) is 3. The van der Waals surface area contributed by atoms with Gasteiger partial charge in [-0.1, -0.05) is 76.2 Å². The molecular weight excluding hydrogens is 408 g/mol. The Balaban J connectivity index is 1.41. The molecule has 3 heteroatoms. The quantitative estimate of drug-likeness (QED) is 0.270. The first-order valence-electron chi connectivity index (χ1n) is 11.0.